The van der Waals surface area contributed by atoms with Gasteiger partial charge in [0.1, 0.15) is 0 Å². The molecule has 2 heteroatoms. The number of carbonyl (C=O) groups excluding carboxylic acids is 1. The van der Waals surface area contributed by atoms with Crippen molar-refractivity contribution in [1.29, 1.82) is 0 Å². The third kappa shape index (κ3) is 2.60. The Morgan fingerprint density at radius 3 is 2.20 bits per heavy atom. The number of amides is 1. The molecule has 102 valence electrons. The molecule has 0 bridgehead atoms. The zero-order valence-corrected chi connectivity index (χ0v) is 11.5. The highest BCUT2D eigenvalue weighted by Crippen LogP contribution is 2.30. The van der Waals surface area contributed by atoms with Crippen molar-refractivity contribution in [2.24, 2.45) is 0 Å². The van der Waals surface area contributed by atoms with Crippen molar-refractivity contribution in [3.63, 3.8) is 0 Å². The van der Waals surface area contributed by atoms with Crippen molar-refractivity contribution in [2.45, 2.75) is 25.2 Å². The fourth-order valence-corrected chi connectivity index (χ4v) is 2.90. The molecule has 1 unspecified atom stereocenters. The highest BCUT2D eigenvalue weighted by molar-refractivity contribution is 5.98. The molecule has 0 aromatic heterocycles. The van der Waals surface area contributed by atoms with Crippen LogP contribution in [-0.4, -0.2) is 12.5 Å². The van der Waals surface area contributed by atoms with Crippen LogP contribution in [0.4, 0.5) is 5.69 Å². The topological polar surface area (TPSA) is 20.3 Å². The molecular formula is C18H19NO. The SMILES string of the molecule is O=C1C(c2ccccc2)CCCCN1c1ccccc1. The second-order valence-electron chi connectivity index (χ2n) is 5.28. The number of hydrogen-bond acceptors (Lipinski definition) is 1. The van der Waals surface area contributed by atoms with E-state index in [0.29, 0.717) is 0 Å². The van der Waals surface area contributed by atoms with Gasteiger partial charge in [0.25, 0.3) is 0 Å². The van der Waals surface area contributed by atoms with Crippen molar-refractivity contribution in [3.8, 4) is 0 Å². The molecular weight excluding hydrogens is 246 g/mol. The zero-order chi connectivity index (χ0) is 13.8. The Hall–Kier alpha value is -2.09. The fourth-order valence-electron chi connectivity index (χ4n) is 2.90. The Bertz CT molecular complexity index is 513. The van der Waals surface area contributed by atoms with Crippen LogP contribution in [0.3, 0.4) is 0 Å². The first-order valence-electron chi connectivity index (χ1n) is 7.27. The van der Waals surface area contributed by atoms with E-state index in [9.17, 15) is 4.79 Å². The van der Waals surface area contributed by atoms with E-state index in [1.807, 2.05) is 53.4 Å². The highest BCUT2D eigenvalue weighted by atomic mass is 16.2. The molecule has 20 heavy (non-hydrogen) atoms. The van der Waals surface area contributed by atoms with Crippen LogP contribution in [0, 0.1) is 0 Å². The summed E-state index contributed by atoms with van der Waals surface area (Å²) in [7, 11) is 0. The molecule has 0 spiro atoms. The lowest BCUT2D eigenvalue weighted by atomic mass is 9.93. The second-order valence-corrected chi connectivity index (χ2v) is 5.28. The van der Waals surface area contributed by atoms with Crippen LogP contribution in [0.2, 0.25) is 0 Å². The number of carbonyl (C=O) groups is 1. The number of anilines is 1. The average Bonchev–Trinajstić information content (AvgIpc) is 2.71. The zero-order valence-electron chi connectivity index (χ0n) is 11.5. The summed E-state index contributed by atoms with van der Waals surface area (Å²) in [5.41, 5.74) is 2.15. The van der Waals surface area contributed by atoms with Gasteiger partial charge in [-0.05, 0) is 30.5 Å². The normalized spacial score (nSPS) is 19.7. The van der Waals surface area contributed by atoms with Gasteiger partial charge < -0.3 is 4.90 Å². The van der Waals surface area contributed by atoms with E-state index in [1.54, 1.807) is 0 Å². The molecule has 2 aromatic rings. The molecule has 1 atom stereocenters. The minimum absolute atomic E-state index is 0.00101. The molecule has 1 amide bonds. The first kappa shape index (κ1) is 12.9. The van der Waals surface area contributed by atoms with E-state index in [2.05, 4.69) is 12.1 Å². The number of benzene rings is 2. The van der Waals surface area contributed by atoms with Crippen molar-refractivity contribution in [3.05, 3.63) is 66.2 Å². The third-order valence-corrected chi connectivity index (χ3v) is 3.96. The predicted octanol–water partition coefficient (Wildman–Crippen LogP) is 3.99. The van der Waals surface area contributed by atoms with E-state index in [-0.39, 0.29) is 11.8 Å². The average molecular weight is 265 g/mol. The number of hydrogen-bond donors (Lipinski definition) is 0. The lowest BCUT2D eigenvalue weighted by molar-refractivity contribution is -0.119. The van der Waals surface area contributed by atoms with Gasteiger partial charge in [-0.3, -0.25) is 4.79 Å². The predicted molar refractivity (Wildman–Crippen MR) is 81.8 cm³/mol. The lowest BCUT2D eigenvalue weighted by Crippen LogP contribution is -2.34. The minimum Gasteiger partial charge on any atom is -0.312 e. The second kappa shape index (κ2) is 5.91. The monoisotopic (exact) mass is 265 g/mol. The summed E-state index contributed by atoms with van der Waals surface area (Å²) in [6.45, 7) is 0.826. The lowest BCUT2D eigenvalue weighted by Gasteiger charge is -2.24. The molecule has 1 aliphatic rings. The Kier molecular flexibility index (Phi) is 3.82. The summed E-state index contributed by atoms with van der Waals surface area (Å²) in [6, 6.07) is 20.2. The molecule has 2 nitrogen and oxygen atoms in total. The van der Waals surface area contributed by atoms with Gasteiger partial charge in [-0.25, -0.2) is 0 Å². The van der Waals surface area contributed by atoms with E-state index in [1.165, 1.54) is 0 Å². The van der Waals surface area contributed by atoms with E-state index in [0.717, 1.165) is 37.1 Å². The molecule has 2 aromatic carbocycles. The van der Waals surface area contributed by atoms with E-state index in [4.69, 9.17) is 0 Å². The van der Waals surface area contributed by atoms with Crippen molar-refractivity contribution in [1.82, 2.24) is 0 Å². The largest absolute Gasteiger partial charge is 0.312 e. The first-order valence-corrected chi connectivity index (χ1v) is 7.27. The Labute approximate surface area is 120 Å². The highest BCUT2D eigenvalue weighted by Gasteiger charge is 2.28. The molecule has 1 aliphatic heterocycles. The summed E-state index contributed by atoms with van der Waals surface area (Å²) in [5.74, 6) is 0.235. The van der Waals surface area contributed by atoms with Crippen LogP contribution in [0.15, 0.2) is 60.7 Å². The van der Waals surface area contributed by atoms with Gasteiger partial charge in [0.15, 0.2) is 0 Å². The van der Waals surface area contributed by atoms with Crippen LogP contribution in [-0.2, 0) is 4.79 Å². The van der Waals surface area contributed by atoms with Crippen LogP contribution in [0.1, 0.15) is 30.7 Å². The van der Waals surface area contributed by atoms with Gasteiger partial charge in [-0.2, -0.15) is 0 Å². The maximum atomic E-state index is 12.9. The van der Waals surface area contributed by atoms with Crippen LogP contribution in [0.25, 0.3) is 0 Å². The van der Waals surface area contributed by atoms with E-state index < -0.39 is 0 Å². The summed E-state index contributed by atoms with van der Waals surface area (Å²) in [5, 5.41) is 0. The van der Waals surface area contributed by atoms with Gasteiger partial charge >= 0.3 is 0 Å². The number of rotatable bonds is 2. The van der Waals surface area contributed by atoms with Gasteiger partial charge in [0, 0.05) is 12.2 Å². The van der Waals surface area contributed by atoms with Gasteiger partial charge in [-0.1, -0.05) is 55.0 Å². The van der Waals surface area contributed by atoms with Crippen molar-refractivity contribution in [2.75, 3.05) is 11.4 Å². The van der Waals surface area contributed by atoms with Gasteiger partial charge in [0.05, 0.1) is 5.92 Å². The molecule has 1 fully saturated rings. The standard InChI is InChI=1S/C18H19NO/c20-18-17(15-9-3-1-4-10-15)13-7-8-14-19(18)16-11-5-2-6-12-16/h1-6,9-12,17H,7-8,13-14H2. The van der Waals surface area contributed by atoms with Crippen LogP contribution in [0.5, 0.6) is 0 Å². The molecule has 1 saturated heterocycles. The summed E-state index contributed by atoms with van der Waals surface area (Å²) in [6.07, 6.45) is 3.13. The van der Waals surface area contributed by atoms with Crippen LogP contribution >= 0.6 is 0 Å². The van der Waals surface area contributed by atoms with Gasteiger partial charge in [0.2, 0.25) is 5.91 Å². The van der Waals surface area contributed by atoms with Crippen LogP contribution < -0.4 is 4.90 Å². The molecule has 0 aliphatic carbocycles. The first-order chi connectivity index (χ1) is 9.86. The molecule has 1 heterocycles. The summed E-state index contributed by atoms with van der Waals surface area (Å²) >= 11 is 0. The molecule has 0 radical (unpaired) electrons. The Balaban J connectivity index is 1.91. The van der Waals surface area contributed by atoms with Crippen molar-refractivity contribution >= 4 is 11.6 Å². The summed E-state index contributed by atoms with van der Waals surface area (Å²) < 4.78 is 0. The molecule has 0 N–H and O–H groups in total. The Morgan fingerprint density at radius 2 is 1.50 bits per heavy atom. The fraction of sp³-hybridized carbons (Fsp3) is 0.278. The third-order valence-electron chi connectivity index (χ3n) is 3.96. The smallest absolute Gasteiger partial charge is 0.234 e. The molecule has 0 saturated carbocycles. The summed E-state index contributed by atoms with van der Waals surface area (Å²) in [4.78, 5) is 14.8. The minimum atomic E-state index is -0.00101. The Morgan fingerprint density at radius 1 is 0.850 bits per heavy atom. The van der Waals surface area contributed by atoms with Crippen molar-refractivity contribution < 1.29 is 4.79 Å². The number of para-hydroxylation sites is 1. The quantitative estimate of drug-likeness (QED) is 0.804. The molecule has 3 rings (SSSR count). The van der Waals surface area contributed by atoms with Gasteiger partial charge in [-0.15, -0.1) is 0 Å². The maximum absolute atomic E-state index is 12.9. The maximum Gasteiger partial charge on any atom is 0.234 e. The number of nitrogens with zero attached hydrogens (tertiary/aromatic N) is 1. The van der Waals surface area contributed by atoms with E-state index >= 15 is 0 Å².